The Hall–Kier alpha value is -2.39. The molecule has 0 N–H and O–H groups in total. The Bertz CT molecular complexity index is 640. The van der Waals surface area contributed by atoms with E-state index in [0.29, 0.717) is 5.56 Å². The summed E-state index contributed by atoms with van der Waals surface area (Å²) in [5.74, 6) is 0.812. The molecule has 0 bridgehead atoms. The number of methoxy groups -OCH3 is 1. The number of benzene rings is 2. The van der Waals surface area contributed by atoms with Crippen LogP contribution in [0.4, 0.5) is 0 Å². The zero-order valence-electron chi connectivity index (χ0n) is 13.2. The summed E-state index contributed by atoms with van der Waals surface area (Å²) < 4.78 is 5.11. The third-order valence-electron chi connectivity index (χ3n) is 3.28. The van der Waals surface area contributed by atoms with E-state index in [1.54, 1.807) is 13.2 Å². The maximum atomic E-state index is 12.2. The molecule has 0 atom stereocenters. The number of carbonyl (C=O) groups is 1. The van der Waals surface area contributed by atoms with E-state index in [1.807, 2.05) is 68.7 Å². The Balaban J connectivity index is 2.02. The van der Waals surface area contributed by atoms with Crippen LogP contribution in [0.1, 0.15) is 21.5 Å². The van der Waals surface area contributed by atoms with Crippen molar-refractivity contribution < 1.29 is 9.53 Å². The largest absolute Gasteiger partial charge is 0.497 e. The first-order valence-electron chi connectivity index (χ1n) is 7.18. The fraction of sp³-hybridized carbons (Fsp3) is 0.211. The number of rotatable bonds is 6. The molecule has 0 amide bonds. The van der Waals surface area contributed by atoms with Crippen LogP contribution in [0.3, 0.4) is 0 Å². The van der Waals surface area contributed by atoms with Gasteiger partial charge in [0.05, 0.1) is 7.11 Å². The first kappa shape index (κ1) is 16.0. The summed E-state index contributed by atoms with van der Waals surface area (Å²) in [7, 11) is 5.68. The van der Waals surface area contributed by atoms with Crippen LogP contribution in [0.2, 0.25) is 0 Å². The third-order valence-corrected chi connectivity index (χ3v) is 3.28. The molecular weight excluding hydrogens is 274 g/mol. The molecule has 2 aromatic rings. The maximum Gasteiger partial charge on any atom is 0.185 e. The van der Waals surface area contributed by atoms with Crippen LogP contribution in [0.25, 0.3) is 6.08 Å². The average Bonchev–Trinajstić information content (AvgIpc) is 2.53. The van der Waals surface area contributed by atoms with Crippen molar-refractivity contribution in [2.75, 3.05) is 21.2 Å². The standard InChI is InChI=1S/C19H21NO2/c1-20(2)14-16-4-9-17(10-5-16)19(21)13-8-15-6-11-18(22-3)12-7-15/h4-13H,14H2,1-3H3. The summed E-state index contributed by atoms with van der Waals surface area (Å²) in [6.45, 7) is 0.871. The monoisotopic (exact) mass is 295 g/mol. The van der Waals surface area contributed by atoms with Crippen molar-refractivity contribution >= 4 is 11.9 Å². The van der Waals surface area contributed by atoms with E-state index < -0.39 is 0 Å². The van der Waals surface area contributed by atoms with Gasteiger partial charge in [0.25, 0.3) is 0 Å². The lowest BCUT2D eigenvalue weighted by molar-refractivity contribution is 0.104. The van der Waals surface area contributed by atoms with Crippen molar-refractivity contribution in [2.24, 2.45) is 0 Å². The van der Waals surface area contributed by atoms with E-state index in [-0.39, 0.29) is 5.78 Å². The lowest BCUT2D eigenvalue weighted by Crippen LogP contribution is -2.10. The van der Waals surface area contributed by atoms with Crippen molar-refractivity contribution in [1.29, 1.82) is 0 Å². The molecule has 0 fully saturated rings. The number of allylic oxidation sites excluding steroid dienone is 1. The molecule has 0 aromatic heterocycles. The van der Waals surface area contributed by atoms with E-state index in [0.717, 1.165) is 17.9 Å². The molecule has 2 rings (SSSR count). The van der Waals surface area contributed by atoms with Gasteiger partial charge < -0.3 is 9.64 Å². The summed E-state index contributed by atoms with van der Waals surface area (Å²) in [5.41, 5.74) is 2.87. The van der Waals surface area contributed by atoms with E-state index in [2.05, 4.69) is 4.90 Å². The number of hydrogen-bond acceptors (Lipinski definition) is 3. The number of hydrogen-bond donors (Lipinski definition) is 0. The normalized spacial score (nSPS) is 11.1. The van der Waals surface area contributed by atoms with E-state index >= 15 is 0 Å². The highest BCUT2D eigenvalue weighted by Crippen LogP contribution is 2.13. The lowest BCUT2D eigenvalue weighted by atomic mass is 10.1. The SMILES string of the molecule is COc1ccc(C=CC(=O)c2ccc(CN(C)C)cc2)cc1. The molecule has 0 saturated carbocycles. The molecule has 2 aromatic carbocycles. The van der Waals surface area contributed by atoms with Gasteiger partial charge in [0, 0.05) is 12.1 Å². The number of ether oxygens (including phenoxy) is 1. The van der Waals surface area contributed by atoms with Crippen molar-refractivity contribution in [2.45, 2.75) is 6.54 Å². The Kier molecular flexibility index (Phi) is 5.50. The van der Waals surface area contributed by atoms with Crippen LogP contribution in [0, 0.1) is 0 Å². The smallest absolute Gasteiger partial charge is 0.185 e. The molecule has 0 heterocycles. The predicted octanol–water partition coefficient (Wildman–Crippen LogP) is 3.65. The minimum absolute atomic E-state index is 0.00669. The first-order valence-corrected chi connectivity index (χ1v) is 7.18. The first-order chi connectivity index (χ1) is 10.6. The molecule has 114 valence electrons. The fourth-order valence-corrected chi connectivity index (χ4v) is 2.12. The predicted molar refractivity (Wildman–Crippen MR) is 90.2 cm³/mol. The summed E-state index contributed by atoms with van der Waals surface area (Å²) in [6.07, 6.45) is 3.41. The van der Waals surface area contributed by atoms with E-state index in [9.17, 15) is 4.79 Å². The fourth-order valence-electron chi connectivity index (χ4n) is 2.12. The zero-order valence-corrected chi connectivity index (χ0v) is 13.2. The van der Waals surface area contributed by atoms with Crippen LogP contribution < -0.4 is 4.74 Å². The van der Waals surface area contributed by atoms with Crippen molar-refractivity contribution in [3.05, 3.63) is 71.3 Å². The minimum atomic E-state index is 0.00669. The van der Waals surface area contributed by atoms with E-state index in [4.69, 9.17) is 4.74 Å². The molecule has 0 radical (unpaired) electrons. The molecule has 0 aliphatic rings. The average molecular weight is 295 g/mol. The molecule has 3 heteroatoms. The highest BCUT2D eigenvalue weighted by Gasteiger charge is 2.02. The van der Waals surface area contributed by atoms with Crippen LogP contribution >= 0.6 is 0 Å². The van der Waals surface area contributed by atoms with Gasteiger partial charge in [-0.1, -0.05) is 42.5 Å². The molecule has 0 aliphatic heterocycles. The molecule has 0 spiro atoms. The van der Waals surface area contributed by atoms with Gasteiger partial charge in [0.15, 0.2) is 5.78 Å². The van der Waals surface area contributed by atoms with Crippen molar-refractivity contribution in [3.8, 4) is 5.75 Å². The summed E-state index contributed by atoms with van der Waals surface area (Å²) in [4.78, 5) is 14.3. The van der Waals surface area contributed by atoms with Crippen LogP contribution in [0.15, 0.2) is 54.6 Å². The maximum absolute atomic E-state index is 12.2. The quantitative estimate of drug-likeness (QED) is 0.602. The van der Waals surface area contributed by atoms with Crippen LogP contribution in [-0.2, 0) is 6.54 Å². The summed E-state index contributed by atoms with van der Waals surface area (Å²) in [5, 5.41) is 0. The van der Waals surface area contributed by atoms with Gasteiger partial charge in [-0.05, 0) is 43.4 Å². The topological polar surface area (TPSA) is 29.5 Å². The van der Waals surface area contributed by atoms with Crippen LogP contribution in [-0.4, -0.2) is 31.9 Å². The minimum Gasteiger partial charge on any atom is -0.497 e. The van der Waals surface area contributed by atoms with Gasteiger partial charge in [0.2, 0.25) is 0 Å². The van der Waals surface area contributed by atoms with E-state index in [1.165, 1.54) is 5.56 Å². The molecule has 3 nitrogen and oxygen atoms in total. The molecule has 22 heavy (non-hydrogen) atoms. The Morgan fingerprint density at radius 2 is 1.68 bits per heavy atom. The second-order valence-corrected chi connectivity index (χ2v) is 5.41. The summed E-state index contributed by atoms with van der Waals surface area (Å²) >= 11 is 0. The highest BCUT2D eigenvalue weighted by molar-refractivity contribution is 6.06. The number of ketones is 1. The van der Waals surface area contributed by atoms with Crippen LogP contribution in [0.5, 0.6) is 5.75 Å². The number of nitrogens with zero attached hydrogens (tertiary/aromatic N) is 1. The zero-order chi connectivity index (χ0) is 15.9. The van der Waals surface area contributed by atoms with Gasteiger partial charge in [-0.25, -0.2) is 0 Å². The van der Waals surface area contributed by atoms with Crippen molar-refractivity contribution in [3.63, 3.8) is 0 Å². The van der Waals surface area contributed by atoms with Gasteiger partial charge in [-0.2, -0.15) is 0 Å². The molecule has 0 unspecified atom stereocenters. The second kappa shape index (κ2) is 7.57. The Morgan fingerprint density at radius 1 is 1.05 bits per heavy atom. The lowest BCUT2D eigenvalue weighted by Gasteiger charge is -2.09. The molecule has 0 aliphatic carbocycles. The molecule has 0 saturated heterocycles. The Labute approximate surface area is 131 Å². The highest BCUT2D eigenvalue weighted by atomic mass is 16.5. The third kappa shape index (κ3) is 4.57. The summed E-state index contributed by atoms with van der Waals surface area (Å²) in [6, 6.07) is 15.3. The number of carbonyl (C=O) groups excluding carboxylic acids is 1. The Morgan fingerprint density at radius 3 is 2.23 bits per heavy atom. The second-order valence-electron chi connectivity index (χ2n) is 5.41. The van der Waals surface area contributed by atoms with Gasteiger partial charge in [-0.3, -0.25) is 4.79 Å². The van der Waals surface area contributed by atoms with Gasteiger partial charge in [-0.15, -0.1) is 0 Å². The van der Waals surface area contributed by atoms with Gasteiger partial charge in [0.1, 0.15) is 5.75 Å². The molecular formula is C19H21NO2. The van der Waals surface area contributed by atoms with Gasteiger partial charge >= 0.3 is 0 Å². The van der Waals surface area contributed by atoms with Crippen molar-refractivity contribution in [1.82, 2.24) is 4.90 Å².